The molecule has 1 aromatic carbocycles. The molecule has 0 bridgehead atoms. The zero-order valence-corrected chi connectivity index (χ0v) is 21.4. The summed E-state index contributed by atoms with van der Waals surface area (Å²) in [7, 11) is 0. The second kappa shape index (κ2) is 9.74. The SMILES string of the molecule is Cc1cc(C)c(CNCc2cc(-c3ccc(N4CCCC4=O)nc3)cc3c2ccn3C(C)C)c(=O)[nH]1. The number of nitrogens with zero attached hydrogens (tertiary/aromatic N) is 3. The Hall–Kier alpha value is -3.71. The van der Waals surface area contributed by atoms with Gasteiger partial charge in [0.25, 0.3) is 5.56 Å². The Morgan fingerprint density at radius 2 is 1.89 bits per heavy atom. The second-order valence-corrected chi connectivity index (χ2v) is 9.99. The lowest BCUT2D eigenvalue weighted by Crippen LogP contribution is -2.24. The lowest BCUT2D eigenvalue weighted by molar-refractivity contribution is -0.117. The molecule has 1 fully saturated rings. The molecule has 4 aromatic rings. The van der Waals surface area contributed by atoms with Crippen LogP contribution in [0.25, 0.3) is 22.0 Å². The molecule has 2 N–H and O–H groups in total. The summed E-state index contributed by atoms with van der Waals surface area (Å²) >= 11 is 0. The van der Waals surface area contributed by atoms with Crippen LogP contribution >= 0.6 is 0 Å². The van der Waals surface area contributed by atoms with E-state index in [0.29, 0.717) is 31.4 Å². The van der Waals surface area contributed by atoms with Crippen molar-refractivity contribution in [1.29, 1.82) is 0 Å². The van der Waals surface area contributed by atoms with Crippen molar-refractivity contribution in [3.63, 3.8) is 0 Å². The van der Waals surface area contributed by atoms with Crippen LogP contribution in [0.3, 0.4) is 0 Å². The standard InChI is InChI=1S/C29H33N5O2/c1-18(2)33-11-9-24-23(15-30-17-25-19(3)12-20(4)32-29(25)36)13-22(14-26(24)33)21-7-8-27(31-16-21)34-10-5-6-28(34)35/h7-9,11-14,16,18,30H,5-6,10,15,17H2,1-4H3,(H,32,36). The van der Waals surface area contributed by atoms with Crippen LogP contribution in [0, 0.1) is 13.8 Å². The van der Waals surface area contributed by atoms with E-state index in [-0.39, 0.29) is 11.5 Å². The highest BCUT2D eigenvalue weighted by atomic mass is 16.2. The van der Waals surface area contributed by atoms with Gasteiger partial charge in [0.1, 0.15) is 5.82 Å². The summed E-state index contributed by atoms with van der Waals surface area (Å²) in [6.45, 7) is 10.1. The fourth-order valence-corrected chi connectivity index (χ4v) is 5.13. The number of amides is 1. The van der Waals surface area contributed by atoms with Gasteiger partial charge in [-0.15, -0.1) is 0 Å². The van der Waals surface area contributed by atoms with Crippen LogP contribution in [0.1, 0.15) is 55.1 Å². The summed E-state index contributed by atoms with van der Waals surface area (Å²) in [5.41, 5.74) is 7.03. The molecule has 1 saturated heterocycles. The molecule has 0 atom stereocenters. The first-order valence-electron chi connectivity index (χ1n) is 12.6. The quantitative estimate of drug-likeness (QED) is 0.387. The molecule has 0 unspecified atom stereocenters. The van der Waals surface area contributed by atoms with E-state index in [1.807, 2.05) is 38.2 Å². The number of benzene rings is 1. The molecule has 0 saturated carbocycles. The molecule has 0 radical (unpaired) electrons. The second-order valence-electron chi connectivity index (χ2n) is 9.99. The van der Waals surface area contributed by atoms with Crippen LogP contribution in [0.5, 0.6) is 0 Å². The molecule has 7 nitrogen and oxygen atoms in total. The first kappa shape index (κ1) is 24.0. The Labute approximate surface area is 211 Å². The van der Waals surface area contributed by atoms with Crippen molar-refractivity contribution in [1.82, 2.24) is 19.9 Å². The zero-order valence-electron chi connectivity index (χ0n) is 21.4. The van der Waals surface area contributed by atoms with Crippen molar-refractivity contribution in [3.8, 4) is 11.1 Å². The number of carbonyl (C=O) groups excluding carboxylic acids is 1. The number of hydrogen-bond acceptors (Lipinski definition) is 4. The van der Waals surface area contributed by atoms with Gasteiger partial charge < -0.3 is 14.9 Å². The minimum Gasteiger partial charge on any atom is -0.345 e. The van der Waals surface area contributed by atoms with Crippen molar-refractivity contribution >= 4 is 22.6 Å². The number of fused-ring (bicyclic) bond motifs is 1. The summed E-state index contributed by atoms with van der Waals surface area (Å²) in [5.74, 6) is 0.857. The molecule has 4 heterocycles. The summed E-state index contributed by atoms with van der Waals surface area (Å²) in [6.07, 6.45) is 5.47. The van der Waals surface area contributed by atoms with Gasteiger partial charge >= 0.3 is 0 Å². The molecule has 0 spiro atoms. The predicted octanol–water partition coefficient (Wildman–Crippen LogP) is 5.01. The Balaban J connectivity index is 1.46. The lowest BCUT2D eigenvalue weighted by atomic mass is 10.0. The highest BCUT2D eigenvalue weighted by Gasteiger charge is 2.22. The van der Waals surface area contributed by atoms with Crippen LogP contribution in [0.2, 0.25) is 0 Å². The van der Waals surface area contributed by atoms with E-state index in [1.165, 1.54) is 16.5 Å². The predicted molar refractivity (Wildman–Crippen MR) is 144 cm³/mol. The molecule has 186 valence electrons. The Morgan fingerprint density at radius 1 is 1.06 bits per heavy atom. The van der Waals surface area contributed by atoms with Gasteiger partial charge in [0.05, 0.1) is 0 Å². The van der Waals surface area contributed by atoms with E-state index < -0.39 is 0 Å². The Morgan fingerprint density at radius 3 is 2.56 bits per heavy atom. The molecule has 36 heavy (non-hydrogen) atoms. The fourth-order valence-electron chi connectivity index (χ4n) is 5.13. The average Bonchev–Trinajstić information content (AvgIpc) is 3.47. The Bertz CT molecular complexity index is 1480. The lowest BCUT2D eigenvalue weighted by Gasteiger charge is -2.16. The van der Waals surface area contributed by atoms with E-state index in [0.717, 1.165) is 40.9 Å². The summed E-state index contributed by atoms with van der Waals surface area (Å²) in [5, 5.41) is 4.69. The highest BCUT2D eigenvalue weighted by Crippen LogP contribution is 2.31. The smallest absolute Gasteiger partial charge is 0.252 e. The van der Waals surface area contributed by atoms with Crippen molar-refractivity contribution in [2.24, 2.45) is 0 Å². The third-order valence-corrected chi connectivity index (χ3v) is 7.02. The van der Waals surface area contributed by atoms with Gasteiger partial charge in [-0.2, -0.15) is 0 Å². The number of aryl methyl sites for hydroxylation is 2. The van der Waals surface area contributed by atoms with E-state index >= 15 is 0 Å². The maximum absolute atomic E-state index is 12.4. The van der Waals surface area contributed by atoms with Gasteiger partial charge in [-0.25, -0.2) is 4.98 Å². The van der Waals surface area contributed by atoms with E-state index in [2.05, 4.69) is 58.1 Å². The monoisotopic (exact) mass is 483 g/mol. The first-order chi connectivity index (χ1) is 17.3. The number of carbonyl (C=O) groups is 1. The number of anilines is 1. The molecule has 1 aliphatic heterocycles. The van der Waals surface area contributed by atoms with E-state index in [1.54, 1.807) is 4.90 Å². The van der Waals surface area contributed by atoms with Gasteiger partial charge in [0, 0.05) is 72.2 Å². The minimum atomic E-state index is -0.0347. The largest absolute Gasteiger partial charge is 0.345 e. The first-order valence-corrected chi connectivity index (χ1v) is 12.6. The fraction of sp³-hybridized carbons (Fsp3) is 0.345. The maximum atomic E-state index is 12.4. The molecule has 0 aliphatic carbocycles. The molecule has 7 heteroatoms. The molecule has 1 aliphatic rings. The van der Waals surface area contributed by atoms with Crippen LogP contribution in [0.4, 0.5) is 5.82 Å². The summed E-state index contributed by atoms with van der Waals surface area (Å²) in [6, 6.07) is 12.9. The van der Waals surface area contributed by atoms with Crippen molar-refractivity contribution in [2.45, 2.75) is 59.7 Å². The number of hydrogen-bond donors (Lipinski definition) is 2. The van der Waals surface area contributed by atoms with Crippen molar-refractivity contribution in [3.05, 3.63) is 81.5 Å². The van der Waals surface area contributed by atoms with Gasteiger partial charge in [-0.1, -0.05) is 0 Å². The summed E-state index contributed by atoms with van der Waals surface area (Å²) in [4.78, 5) is 33.8. The number of aromatic amines is 1. The van der Waals surface area contributed by atoms with Crippen LogP contribution in [-0.2, 0) is 17.9 Å². The number of nitrogens with one attached hydrogen (secondary N) is 2. The third kappa shape index (κ3) is 4.58. The molecule has 1 amide bonds. The minimum absolute atomic E-state index is 0.0347. The maximum Gasteiger partial charge on any atom is 0.252 e. The molecular formula is C29H33N5O2. The van der Waals surface area contributed by atoms with Crippen LogP contribution < -0.4 is 15.8 Å². The van der Waals surface area contributed by atoms with Gasteiger partial charge in [0.15, 0.2) is 0 Å². The zero-order chi connectivity index (χ0) is 25.4. The van der Waals surface area contributed by atoms with Crippen molar-refractivity contribution in [2.75, 3.05) is 11.4 Å². The van der Waals surface area contributed by atoms with E-state index in [4.69, 9.17) is 0 Å². The van der Waals surface area contributed by atoms with E-state index in [9.17, 15) is 9.59 Å². The molecule has 5 rings (SSSR count). The van der Waals surface area contributed by atoms with Gasteiger partial charge in [-0.05, 0) is 87.2 Å². The van der Waals surface area contributed by atoms with Crippen molar-refractivity contribution < 1.29 is 4.79 Å². The highest BCUT2D eigenvalue weighted by molar-refractivity contribution is 5.94. The number of rotatable bonds is 7. The molecular weight excluding hydrogens is 450 g/mol. The van der Waals surface area contributed by atoms with Crippen LogP contribution in [0.15, 0.2) is 53.6 Å². The average molecular weight is 484 g/mol. The number of pyridine rings is 2. The normalized spacial score (nSPS) is 13.9. The summed E-state index contributed by atoms with van der Waals surface area (Å²) < 4.78 is 2.28. The Kier molecular flexibility index (Phi) is 6.49. The number of H-pyrrole nitrogens is 1. The number of aromatic nitrogens is 3. The van der Waals surface area contributed by atoms with Gasteiger partial charge in [0.2, 0.25) is 5.91 Å². The van der Waals surface area contributed by atoms with Gasteiger partial charge in [-0.3, -0.25) is 14.5 Å². The van der Waals surface area contributed by atoms with Crippen LogP contribution in [-0.4, -0.2) is 27.0 Å². The third-order valence-electron chi connectivity index (χ3n) is 7.02. The topological polar surface area (TPSA) is 83.0 Å². The molecule has 3 aromatic heterocycles.